The van der Waals surface area contributed by atoms with Crippen LogP contribution in [-0.4, -0.2) is 28.6 Å². The lowest BCUT2D eigenvalue weighted by Gasteiger charge is -2.12. The van der Waals surface area contributed by atoms with Gasteiger partial charge in [0.15, 0.2) is 0 Å². The molecule has 2 N–H and O–H groups in total. The second-order valence-electron chi connectivity index (χ2n) is 4.72. The van der Waals surface area contributed by atoms with Crippen LogP contribution in [0, 0.1) is 6.92 Å². The summed E-state index contributed by atoms with van der Waals surface area (Å²) in [5, 5.41) is 14.7. The lowest BCUT2D eigenvalue weighted by atomic mass is 10.1. The van der Waals surface area contributed by atoms with Crippen molar-refractivity contribution in [2.75, 3.05) is 6.61 Å². The van der Waals surface area contributed by atoms with Crippen molar-refractivity contribution in [3.8, 4) is 11.3 Å². The fraction of sp³-hybridized carbons (Fsp3) is 0.333. The van der Waals surface area contributed by atoms with E-state index in [-0.39, 0.29) is 18.6 Å². The summed E-state index contributed by atoms with van der Waals surface area (Å²) in [7, 11) is 0. The maximum absolute atomic E-state index is 12.1. The van der Waals surface area contributed by atoms with Gasteiger partial charge in [0.2, 0.25) is 0 Å². The molecule has 0 aliphatic rings. The summed E-state index contributed by atoms with van der Waals surface area (Å²) < 4.78 is 0. The number of hydrogen-bond acceptors (Lipinski definition) is 4. The molecule has 0 aliphatic heterocycles. The minimum absolute atomic E-state index is 0.0438. The molecule has 0 saturated carbocycles. The number of aliphatic hydroxyl groups is 1. The van der Waals surface area contributed by atoms with E-state index in [0.29, 0.717) is 12.0 Å². The van der Waals surface area contributed by atoms with Crippen molar-refractivity contribution < 1.29 is 9.90 Å². The highest BCUT2D eigenvalue weighted by atomic mass is 32.1. The number of rotatable bonds is 5. The van der Waals surface area contributed by atoms with Crippen molar-refractivity contribution in [3.05, 3.63) is 40.2 Å². The Labute approximate surface area is 122 Å². The first-order valence-corrected chi connectivity index (χ1v) is 7.42. The molecule has 5 heteroatoms. The van der Waals surface area contributed by atoms with Crippen LogP contribution in [0.15, 0.2) is 29.6 Å². The molecule has 0 aliphatic carbocycles. The minimum atomic E-state index is -0.125. The molecule has 1 heterocycles. The van der Waals surface area contributed by atoms with Gasteiger partial charge >= 0.3 is 0 Å². The summed E-state index contributed by atoms with van der Waals surface area (Å²) in [6.45, 7) is 3.91. The molecule has 20 heavy (non-hydrogen) atoms. The number of nitrogens with one attached hydrogen (secondary N) is 1. The third-order valence-electron chi connectivity index (χ3n) is 2.98. The standard InChI is InChI=1S/C15H18N2O2S/c1-10(6-7-18)16-15(19)13-5-3-4-12(8-13)14-9-20-11(2)17-14/h3-5,8-10,18H,6-7H2,1-2H3,(H,16,19). The molecule has 1 aromatic carbocycles. The van der Waals surface area contributed by atoms with Gasteiger partial charge in [-0.15, -0.1) is 11.3 Å². The summed E-state index contributed by atoms with van der Waals surface area (Å²) >= 11 is 1.59. The van der Waals surface area contributed by atoms with Gasteiger partial charge in [-0.1, -0.05) is 12.1 Å². The highest BCUT2D eigenvalue weighted by molar-refractivity contribution is 7.09. The molecular formula is C15H18N2O2S. The Balaban J connectivity index is 2.15. The number of aryl methyl sites for hydroxylation is 1. The Morgan fingerprint density at radius 2 is 2.30 bits per heavy atom. The first kappa shape index (κ1) is 14.7. The molecule has 1 atom stereocenters. The molecule has 1 aromatic heterocycles. The molecule has 0 bridgehead atoms. The molecule has 0 saturated heterocycles. The van der Waals surface area contributed by atoms with Crippen LogP contribution in [0.2, 0.25) is 0 Å². The maximum atomic E-state index is 12.1. The van der Waals surface area contributed by atoms with E-state index in [2.05, 4.69) is 10.3 Å². The lowest BCUT2D eigenvalue weighted by Crippen LogP contribution is -2.33. The monoisotopic (exact) mass is 290 g/mol. The fourth-order valence-corrected chi connectivity index (χ4v) is 2.51. The normalized spacial score (nSPS) is 12.2. The zero-order valence-electron chi connectivity index (χ0n) is 11.6. The van der Waals surface area contributed by atoms with Crippen molar-refractivity contribution in [3.63, 3.8) is 0 Å². The summed E-state index contributed by atoms with van der Waals surface area (Å²) in [6, 6.07) is 7.38. The fourth-order valence-electron chi connectivity index (χ4n) is 1.89. The first-order chi connectivity index (χ1) is 9.60. The van der Waals surface area contributed by atoms with Crippen LogP contribution >= 0.6 is 11.3 Å². The predicted molar refractivity (Wildman–Crippen MR) is 80.9 cm³/mol. The number of aromatic nitrogens is 1. The molecule has 1 unspecified atom stereocenters. The maximum Gasteiger partial charge on any atom is 0.251 e. The van der Waals surface area contributed by atoms with Crippen LogP contribution in [0.1, 0.15) is 28.7 Å². The molecule has 106 valence electrons. The number of nitrogens with zero attached hydrogens (tertiary/aromatic N) is 1. The number of carbonyl (C=O) groups is 1. The number of hydrogen-bond donors (Lipinski definition) is 2. The number of benzene rings is 1. The number of amides is 1. The molecule has 1 amide bonds. The van der Waals surface area contributed by atoms with Crippen LogP contribution in [0.3, 0.4) is 0 Å². The van der Waals surface area contributed by atoms with E-state index in [9.17, 15) is 4.79 Å². The van der Waals surface area contributed by atoms with Gasteiger partial charge in [-0.3, -0.25) is 4.79 Å². The summed E-state index contributed by atoms with van der Waals surface area (Å²) in [5.74, 6) is -0.125. The van der Waals surface area contributed by atoms with E-state index in [1.807, 2.05) is 37.4 Å². The van der Waals surface area contributed by atoms with Gasteiger partial charge in [0.1, 0.15) is 0 Å². The van der Waals surface area contributed by atoms with E-state index >= 15 is 0 Å². The molecule has 2 aromatic rings. The summed E-state index contributed by atoms with van der Waals surface area (Å²) in [4.78, 5) is 16.5. The minimum Gasteiger partial charge on any atom is -0.396 e. The van der Waals surface area contributed by atoms with Gasteiger partial charge in [-0.25, -0.2) is 4.98 Å². The number of thiazole rings is 1. The molecule has 0 spiro atoms. The Hall–Kier alpha value is -1.72. The van der Waals surface area contributed by atoms with Gasteiger partial charge < -0.3 is 10.4 Å². The van der Waals surface area contributed by atoms with Crippen LogP contribution < -0.4 is 5.32 Å². The quantitative estimate of drug-likeness (QED) is 0.890. The smallest absolute Gasteiger partial charge is 0.251 e. The molecule has 2 rings (SSSR count). The van der Waals surface area contributed by atoms with Crippen molar-refractivity contribution >= 4 is 17.2 Å². The van der Waals surface area contributed by atoms with Crippen molar-refractivity contribution in [1.82, 2.24) is 10.3 Å². The van der Waals surface area contributed by atoms with Gasteiger partial charge in [0.05, 0.1) is 10.7 Å². The topological polar surface area (TPSA) is 62.2 Å². The Morgan fingerprint density at radius 1 is 1.50 bits per heavy atom. The Morgan fingerprint density at radius 3 is 2.95 bits per heavy atom. The van der Waals surface area contributed by atoms with E-state index in [1.165, 1.54) is 0 Å². The third-order valence-corrected chi connectivity index (χ3v) is 3.75. The van der Waals surface area contributed by atoms with Crippen LogP contribution in [0.5, 0.6) is 0 Å². The van der Waals surface area contributed by atoms with E-state index in [4.69, 9.17) is 5.11 Å². The Kier molecular flexibility index (Phi) is 4.87. The average molecular weight is 290 g/mol. The predicted octanol–water partition coefficient (Wildman–Crippen LogP) is 2.62. The number of carbonyl (C=O) groups excluding carboxylic acids is 1. The molecule has 0 fully saturated rings. The van der Waals surface area contributed by atoms with Crippen molar-refractivity contribution in [2.24, 2.45) is 0 Å². The average Bonchev–Trinajstić information content (AvgIpc) is 2.86. The van der Waals surface area contributed by atoms with Crippen LogP contribution in [0.25, 0.3) is 11.3 Å². The van der Waals surface area contributed by atoms with Gasteiger partial charge in [-0.2, -0.15) is 0 Å². The zero-order chi connectivity index (χ0) is 14.5. The van der Waals surface area contributed by atoms with Crippen molar-refractivity contribution in [1.29, 1.82) is 0 Å². The Bertz CT molecular complexity index is 595. The second kappa shape index (κ2) is 6.63. The molecule has 0 radical (unpaired) electrons. The van der Waals surface area contributed by atoms with E-state index in [0.717, 1.165) is 16.3 Å². The lowest BCUT2D eigenvalue weighted by molar-refractivity contribution is 0.0934. The van der Waals surface area contributed by atoms with Crippen molar-refractivity contribution in [2.45, 2.75) is 26.3 Å². The largest absolute Gasteiger partial charge is 0.396 e. The van der Waals surface area contributed by atoms with Crippen LogP contribution in [-0.2, 0) is 0 Å². The van der Waals surface area contributed by atoms with Crippen LogP contribution in [0.4, 0.5) is 0 Å². The third kappa shape index (κ3) is 3.65. The molecule has 4 nitrogen and oxygen atoms in total. The number of aliphatic hydroxyl groups excluding tert-OH is 1. The summed E-state index contributed by atoms with van der Waals surface area (Å²) in [6.07, 6.45) is 0.552. The van der Waals surface area contributed by atoms with Gasteiger partial charge in [-0.05, 0) is 32.4 Å². The van der Waals surface area contributed by atoms with Gasteiger partial charge in [0.25, 0.3) is 5.91 Å². The molecular weight excluding hydrogens is 272 g/mol. The first-order valence-electron chi connectivity index (χ1n) is 6.54. The highest BCUT2D eigenvalue weighted by Crippen LogP contribution is 2.22. The van der Waals surface area contributed by atoms with E-state index < -0.39 is 0 Å². The second-order valence-corrected chi connectivity index (χ2v) is 5.78. The van der Waals surface area contributed by atoms with E-state index in [1.54, 1.807) is 17.4 Å². The zero-order valence-corrected chi connectivity index (χ0v) is 12.4. The summed E-state index contributed by atoms with van der Waals surface area (Å²) in [5.41, 5.74) is 2.44. The van der Waals surface area contributed by atoms with Gasteiger partial charge in [0, 0.05) is 29.2 Å². The highest BCUT2D eigenvalue weighted by Gasteiger charge is 2.11. The SMILES string of the molecule is Cc1nc(-c2cccc(C(=O)NC(C)CCO)c2)cs1.